The quantitative estimate of drug-likeness (QED) is 0.631. The van der Waals surface area contributed by atoms with Crippen LogP contribution in [0.5, 0.6) is 0 Å². The smallest absolute Gasteiger partial charge is 0.0406 e. The van der Waals surface area contributed by atoms with Crippen LogP contribution in [0.2, 0.25) is 5.02 Å². The zero-order valence-corrected chi connectivity index (χ0v) is 9.43. The first-order valence-corrected chi connectivity index (χ1v) is 5.89. The van der Waals surface area contributed by atoms with Gasteiger partial charge in [0.25, 0.3) is 0 Å². The molecule has 0 aliphatic heterocycles. The molecule has 0 bridgehead atoms. The highest BCUT2D eigenvalue weighted by Gasteiger charge is 2.19. The molecule has 0 unspecified atom stereocenters. The Morgan fingerprint density at radius 1 is 1.00 bits per heavy atom. The third-order valence-corrected chi connectivity index (χ3v) is 3.61. The summed E-state index contributed by atoms with van der Waals surface area (Å²) in [7, 11) is 0. The highest BCUT2D eigenvalue weighted by molar-refractivity contribution is 6.30. The topological polar surface area (TPSA) is 0 Å². The summed E-state index contributed by atoms with van der Waals surface area (Å²) in [6.45, 7) is 2.36. The first-order valence-electron chi connectivity index (χ1n) is 5.51. The van der Waals surface area contributed by atoms with Crippen molar-refractivity contribution in [2.24, 2.45) is 5.92 Å². The van der Waals surface area contributed by atoms with Gasteiger partial charge in [0.15, 0.2) is 0 Å². The summed E-state index contributed by atoms with van der Waals surface area (Å²) in [5.41, 5.74) is 1.47. The van der Waals surface area contributed by atoms with E-state index in [2.05, 4.69) is 19.1 Å². The molecular formula is C13H17Cl. The van der Waals surface area contributed by atoms with E-state index < -0.39 is 0 Å². The van der Waals surface area contributed by atoms with E-state index in [1.54, 1.807) is 0 Å². The van der Waals surface area contributed by atoms with Crippen molar-refractivity contribution in [3.63, 3.8) is 0 Å². The van der Waals surface area contributed by atoms with Crippen LogP contribution in [-0.4, -0.2) is 0 Å². The van der Waals surface area contributed by atoms with E-state index in [4.69, 9.17) is 11.6 Å². The molecule has 0 radical (unpaired) electrons. The summed E-state index contributed by atoms with van der Waals surface area (Å²) in [5.74, 6) is 1.71. The van der Waals surface area contributed by atoms with Crippen LogP contribution in [-0.2, 0) is 0 Å². The predicted molar refractivity (Wildman–Crippen MR) is 61.8 cm³/mol. The molecule has 1 aromatic carbocycles. The molecule has 0 N–H and O–H groups in total. The number of rotatable bonds is 1. The van der Waals surface area contributed by atoms with E-state index in [0.717, 1.165) is 16.9 Å². The van der Waals surface area contributed by atoms with E-state index in [1.165, 1.54) is 31.2 Å². The van der Waals surface area contributed by atoms with Gasteiger partial charge in [0.2, 0.25) is 0 Å². The minimum absolute atomic E-state index is 0.781. The summed E-state index contributed by atoms with van der Waals surface area (Å²) in [6.07, 6.45) is 5.46. The lowest BCUT2D eigenvalue weighted by atomic mass is 9.79. The van der Waals surface area contributed by atoms with E-state index in [-0.39, 0.29) is 0 Å². The molecule has 1 aliphatic carbocycles. The molecule has 1 fully saturated rings. The van der Waals surface area contributed by atoms with Crippen LogP contribution < -0.4 is 0 Å². The van der Waals surface area contributed by atoms with Crippen molar-refractivity contribution in [2.75, 3.05) is 0 Å². The Morgan fingerprint density at radius 3 is 2.14 bits per heavy atom. The Labute approximate surface area is 91.3 Å². The SMILES string of the molecule is CC1CCC(c2ccc(Cl)cc2)CC1. The Bertz CT molecular complexity index is 281. The lowest BCUT2D eigenvalue weighted by Crippen LogP contribution is -2.10. The van der Waals surface area contributed by atoms with Crippen LogP contribution in [0, 0.1) is 5.92 Å². The molecule has 14 heavy (non-hydrogen) atoms. The average Bonchev–Trinajstić information content (AvgIpc) is 2.21. The maximum atomic E-state index is 5.87. The molecule has 0 saturated heterocycles. The highest BCUT2D eigenvalue weighted by Crippen LogP contribution is 2.35. The molecule has 0 atom stereocenters. The summed E-state index contributed by atoms with van der Waals surface area (Å²) in [5, 5.41) is 0.845. The van der Waals surface area contributed by atoms with Gasteiger partial charge in [-0.1, -0.05) is 43.5 Å². The van der Waals surface area contributed by atoms with E-state index >= 15 is 0 Å². The molecule has 1 aromatic rings. The lowest BCUT2D eigenvalue weighted by molar-refractivity contribution is 0.348. The minimum Gasteiger partial charge on any atom is -0.0843 e. The molecule has 76 valence electrons. The van der Waals surface area contributed by atoms with Gasteiger partial charge in [-0.3, -0.25) is 0 Å². The van der Waals surface area contributed by atoms with Gasteiger partial charge in [0, 0.05) is 5.02 Å². The number of hydrogen-bond acceptors (Lipinski definition) is 0. The molecule has 0 heterocycles. The fourth-order valence-electron chi connectivity index (χ4n) is 2.33. The van der Waals surface area contributed by atoms with Crippen LogP contribution in [0.15, 0.2) is 24.3 Å². The van der Waals surface area contributed by atoms with E-state index in [0.29, 0.717) is 0 Å². The number of halogens is 1. The lowest BCUT2D eigenvalue weighted by Gasteiger charge is -2.26. The zero-order chi connectivity index (χ0) is 9.97. The molecular weight excluding hydrogens is 192 g/mol. The van der Waals surface area contributed by atoms with Crippen LogP contribution in [0.1, 0.15) is 44.1 Å². The van der Waals surface area contributed by atoms with Gasteiger partial charge in [-0.15, -0.1) is 0 Å². The van der Waals surface area contributed by atoms with Crippen molar-refractivity contribution in [3.8, 4) is 0 Å². The van der Waals surface area contributed by atoms with Crippen LogP contribution >= 0.6 is 11.6 Å². The predicted octanol–water partition coefficient (Wildman–Crippen LogP) is 4.63. The van der Waals surface area contributed by atoms with Gasteiger partial charge in [0.05, 0.1) is 0 Å². The van der Waals surface area contributed by atoms with E-state index in [9.17, 15) is 0 Å². The van der Waals surface area contributed by atoms with Gasteiger partial charge in [0.1, 0.15) is 0 Å². The van der Waals surface area contributed by atoms with Gasteiger partial charge in [-0.05, 0) is 42.4 Å². The summed E-state index contributed by atoms with van der Waals surface area (Å²) in [6, 6.07) is 8.38. The van der Waals surface area contributed by atoms with Crippen molar-refractivity contribution >= 4 is 11.6 Å². The van der Waals surface area contributed by atoms with Crippen LogP contribution in [0.3, 0.4) is 0 Å². The maximum Gasteiger partial charge on any atom is 0.0406 e. The van der Waals surface area contributed by atoms with Gasteiger partial charge < -0.3 is 0 Å². The van der Waals surface area contributed by atoms with Crippen LogP contribution in [0.25, 0.3) is 0 Å². The Morgan fingerprint density at radius 2 is 1.57 bits per heavy atom. The average molecular weight is 209 g/mol. The second-order valence-electron chi connectivity index (χ2n) is 4.51. The monoisotopic (exact) mass is 208 g/mol. The molecule has 0 amide bonds. The zero-order valence-electron chi connectivity index (χ0n) is 8.67. The molecule has 1 saturated carbocycles. The van der Waals surface area contributed by atoms with Gasteiger partial charge >= 0.3 is 0 Å². The van der Waals surface area contributed by atoms with Crippen molar-refractivity contribution < 1.29 is 0 Å². The second-order valence-corrected chi connectivity index (χ2v) is 4.94. The largest absolute Gasteiger partial charge is 0.0843 e. The Hall–Kier alpha value is -0.490. The second kappa shape index (κ2) is 4.35. The minimum atomic E-state index is 0.781. The molecule has 0 aromatic heterocycles. The molecule has 2 rings (SSSR count). The van der Waals surface area contributed by atoms with Crippen LogP contribution in [0.4, 0.5) is 0 Å². The molecule has 1 heteroatoms. The third-order valence-electron chi connectivity index (χ3n) is 3.36. The van der Waals surface area contributed by atoms with Crippen molar-refractivity contribution in [1.82, 2.24) is 0 Å². The van der Waals surface area contributed by atoms with Crippen molar-refractivity contribution in [1.29, 1.82) is 0 Å². The molecule has 1 aliphatic rings. The standard InChI is InChI=1S/C13H17Cl/c1-10-2-4-11(5-3-10)12-6-8-13(14)9-7-12/h6-11H,2-5H2,1H3. The molecule has 0 spiro atoms. The first kappa shape index (κ1) is 10.0. The summed E-state index contributed by atoms with van der Waals surface area (Å²) < 4.78 is 0. The fraction of sp³-hybridized carbons (Fsp3) is 0.538. The Balaban J connectivity index is 2.05. The first-order chi connectivity index (χ1) is 6.75. The third kappa shape index (κ3) is 2.30. The summed E-state index contributed by atoms with van der Waals surface area (Å²) >= 11 is 5.87. The maximum absolute atomic E-state index is 5.87. The summed E-state index contributed by atoms with van der Waals surface area (Å²) in [4.78, 5) is 0. The fourth-order valence-corrected chi connectivity index (χ4v) is 2.45. The Kier molecular flexibility index (Phi) is 3.12. The van der Waals surface area contributed by atoms with Crippen molar-refractivity contribution in [3.05, 3.63) is 34.9 Å². The normalized spacial score (nSPS) is 27.6. The molecule has 0 nitrogen and oxygen atoms in total. The number of hydrogen-bond donors (Lipinski definition) is 0. The van der Waals surface area contributed by atoms with Gasteiger partial charge in [-0.2, -0.15) is 0 Å². The van der Waals surface area contributed by atoms with Crippen molar-refractivity contribution in [2.45, 2.75) is 38.5 Å². The number of benzene rings is 1. The highest BCUT2D eigenvalue weighted by atomic mass is 35.5. The van der Waals surface area contributed by atoms with Gasteiger partial charge in [-0.25, -0.2) is 0 Å². The van der Waals surface area contributed by atoms with E-state index in [1.807, 2.05) is 12.1 Å².